The molecule has 0 unspecified atom stereocenters. The zero-order valence-electron chi connectivity index (χ0n) is 18.1. The lowest BCUT2D eigenvalue weighted by Crippen LogP contribution is -2.50. The van der Waals surface area contributed by atoms with Gasteiger partial charge in [0.25, 0.3) is 5.17 Å². The predicted octanol–water partition coefficient (Wildman–Crippen LogP) is 4.90. The van der Waals surface area contributed by atoms with Crippen molar-refractivity contribution in [3.8, 4) is 0 Å². The van der Waals surface area contributed by atoms with E-state index in [0.717, 1.165) is 11.1 Å². The minimum Gasteiger partial charge on any atom is -0.452 e. The first kappa shape index (κ1) is 22.4. The second-order valence-corrected chi connectivity index (χ2v) is 9.13. The van der Waals surface area contributed by atoms with Crippen LogP contribution in [0.1, 0.15) is 51.7 Å². The van der Waals surface area contributed by atoms with Crippen molar-refractivity contribution in [2.24, 2.45) is 11.8 Å². The SMILES string of the molecule is CC(C)C[C@H](O)CC(=O)N1C(=S)OC(c2ccccc2)(c2ccccc2)[C@@H]1C(C)C. The fourth-order valence-electron chi connectivity index (χ4n) is 4.49. The topological polar surface area (TPSA) is 49.8 Å². The molecule has 0 bridgehead atoms. The minimum atomic E-state index is -0.896. The minimum absolute atomic E-state index is 0.0323. The highest BCUT2D eigenvalue weighted by Gasteiger charge is 2.57. The van der Waals surface area contributed by atoms with Crippen LogP contribution >= 0.6 is 12.2 Å². The summed E-state index contributed by atoms with van der Waals surface area (Å²) < 4.78 is 6.45. The Bertz CT molecular complexity index is 827. The van der Waals surface area contributed by atoms with Crippen LogP contribution in [0, 0.1) is 11.8 Å². The number of carbonyl (C=O) groups is 1. The number of amides is 1. The van der Waals surface area contributed by atoms with Gasteiger partial charge in [-0.25, -0.2) is 0 Å². The van der Waals surface area contributed by atoms with Gasteiger partial charge in [0.05, 0.1) is 18.6 Å². The van der Waals surface area contributed by atoms with E-state index >= 15 is 0 Å². The highest BCUT2D eigenvalue weighted by Crippen LogP contribution is 2.47. The first-order chi connectivity index (χ1) is 14.3. The van der Waals surface area contributed by atoms with Crippen LogP contribution in [0.2, 0.25) is 0 Å². The van der Waals surface area contributed by atoms with Crippen LogP contribution in [0.3, 0.4) is 0 Å². The molecule has 2 aromatic carbocycles. The zero-order valence-corrected chi connectivity index (χ0v) is 18.9. The summed E-state index contributed by atoms with van der Waals surface area (Å²) in [6.45, 7) is 8.22. The van der Waals surface area contributed by atoms with E-state index in [1.54, 1.807) is 4.90 Å². The second-order valence-electron chi connectivity index (χ2n) is 8.78. The average Bonchev–Trinajstić information content (AvgIpc) is 3.03. The molecular formula is C25H31NO3S. The summed E-state index contributed by atoms with van der Waals surface area (Å²) in [7, 11) is 0. The molecule has 5 heteroatoms. The lowest BCUT2D eigenvalue weighted by molar-refractivity contribution is -0.132. The van der Waals surface area contributed by atoms with Gasteiger partial charge in [0, 0.05) is 11.1 Å². The monoisotopic (exact) mass is 425 g/mol. The molecule has 1 N–H and O–H groups in total. The largest absolute Gasteiger partial charge is 0.452 e. The molecule has 1 aliphatic heterocycles. The number of benzene rings is 2. The van der Waals surface area contributed by atoms with Crippen molar-refractivity contribution in [2.45, 2.75) is 58.3 Å². The smallest absolute Gasteiger partial charge is 0.267 e. The average molecular weight is 426 g/mol. The fourth-order valence-corrected chi connectivity index (χ4v) is 4.84. The van der Waals surface area contributed by atoms with Crippen LogP contribution in [0.5, 0.6) is 0 Å². The van der Waals surface area contributed by atoms with Crippen LogP contribution in [0.15, 0.2) is 60.7 Å². The summed E-state index contributed by atoms with van der Waals surface area (Å²) in [6, 6.07) is 19.6. The highest BCUT2D eigenvalue weighted by molar-refractivity contribution is 7.80. The lowest BCUT2D eigenvalue weighted by atomic mass is 9.75. The normalized spacial score (nSPS) is 19.2. The van der Waals surface area contributed by atoms with Gasteiger partial charge in [-0.15, -0.1) is 0 Å². The fraction of sp³-hybridized carbons (Fsp3) is 0.440. The Hall–Kier alpha value is -2.24. The molecule has 1 saturated heterocycles. The highest BCUT2D eigenvalue weighted by atomic mass is 32.1. The van der Waals surface area contributed by atoms with E-state index in [4.69, 9.17) is 17.0 Å². The number of carbonyl (C=O) groups excluding carboxylic acids is 1. The lowest BCUT2D eigenvalue weighted by Gasteiger charge is -2.38. The number of nitrogens with zero attached hydrogens (tertiary/aromatic N) is 1. The summed E-state index contributed by atoms with van der Waals surface area (Å²) in [4.78, 5) is 14.9. The molecule has 3 rings (SSSR count). The molecule has 2 atom stereocenters. The third kappa shape index (κ3) is 4.28. The molecule has 1 heterocycles. The standard InChI is InChI=1S/C25H31NO3S/c1-17(2)15-21(27)16-22(28)26-23(18(3)4)25(29-24(26)30,19-11-7-5-8-12-19)20-13-9-6-10-14-20/h5-14,17-18,21,23,27H,15-16H2,1-4H3/t21-,23-/m0/s1. The summed E-state index contributed by atoms with van der Waals surface area (Å²) in [5, 5.41) is 10.6. The summed E-state index contributed by atoms with van der Waals surface area (Å²) in [6.07, 6.45) is -0.0938. The molecular weight excluding hydrogens is 394 g/mol. The van der Waals surface area contributed by atoms with Gasteiger partial charge in [-0.3, -0.25) is 9.69 Å². The van der Waals surface area contributed by atoms with E-state index in [9.17, 15) is 9.90 Å². The third-order valence-corrected chi connectivity index (χ3v) is 5.88. The van der Waals surface area contributed by atoms with Crippen molar-refractivity contribution >= 4 is 23.3 Å². The molecule has 0 radical (unpaired) electrons. The van der Waals surface area contributed by atoms with E-state index in [2.05, 4.69) is 13.8 Å². The van der Waals surface area contributed by atoms with Gasteiger partial charge in [0.15, 0.2) is 5.60 Å². The molecule has 4 nitrogen and oxygen atoms in total. The number of ether oxygens (including phenoxy) is 1. The van der Waals surface area contributed by atoms with E-state index in [0.29, 0.717) is 12.3 Å². The van der Waals surface area contributed by atoms with Gasteiger partial charge in [-0.05, 0) is 30.5 Å². The van der Waals surface area contributed by atoms with E-state index in [-0.39, 0.29) is 29.5 Å². The molecule has 1 aliphatic rings. The number of aliphatic hydroxyl groups excluding tert-OH is 1. The Balaban J connectivity index is 2.08. The van der Waals surface area contributed by atoms with E-state index < -0.39 is 11.7 Å². The van der Waals surface area contributed by atoms with Crippen LogP contribution in [0.25, 0.3) is 0 Å². The first-order valence-corrected chi connectivity index (χ1v) is 11.0. The summed E-state index contributed by atoms with van der Waals surface area (Å²) in [5.74, 6) is 0.181. The number of hydrogen-bond acceptors (Lipinski definition) is 4. The number of aliphatic hydroxyl groups is 1. The number of thiocarbonyl (C=S) groups is 1. The molecule has 160 valence electrons. The van der Waals surface area contributed by atoms with Crippen molar-refractivity contribution in [2.75, 3.05) is 0 Å². The maximum Gasteiger partial charge on any atom is 0.267 e. The summed E-state index contributed by atoms with van der Waals surface area (Å²) in [5.41, 5.74) is 1.01. The third-order valence-electron chi connectivity index (χ3n) is 5.60. The molecule has 1 amide bonds. The first-order valence-electron chi connectivity index (χ1n) is 10.6. The molecule has 0 aromatic heterocycles. The van der Waals surface area contributed by atoms with Crippen molar-refractivity contribution in [1.29, 1.82) is 0 Å². The Morgan fingerprint density at radius 1 is 1.03 bits per heavy atom. The zero-order chi connectivity index (χ0) is 21.9. The van der Waals surface area contributed by atoms with Gasteiger partial charge in [0.2, 0.25) is 5.91 Å². The Morgan fingerprint density at radius 2 is 1.53 bits per heavy atom. The van der Waals surface area contributed by atoms with E-state index in [1.807, 2.05) is 74.5 Å². The molecule has 2 aromatic rings. The van der Waals surface area contributed by atoms with Crippen molar-refractivity contribution < 1.29 is 14.6 Å². The Morgan fingerprint density at radius 3 is 1.97 bits per heavy atom. The molecule has 1 fully saturated rings. The van der Waals surface area contributed by atoms with Crippen LogP contribution in [0.4, 0.5) is 0 Å². The molecule has 0 aliphatic carbocycles. The molecule has 30 heavy (non-hydrogen) atoms. The Kier molecular flexibility index (Phi) is 6.94. The molecule has 0 spiro atoms. The van der Waals surface area contributed by atoms with Gasteiger partial charge >= 0.3 is 0 Å². The van der Waals surface area contributed by atoms with E-state index in [1.165, 1.54) is 0 Å². The van der Waals surface area contributed by atoms with Crippen LogP contribution < -0.4 is 0 Å². The van der Waals surface area contributed by atoms with Gasteiger partial charge < -0.3 is 9.84 Å². The van der Waals surface area contributed by atoms with Crippen molar-refractivity contribution in [3.63, 3.8) is 0 Å². The van der Waals surface area contributed by atoms with Crippen LogP contribution in [-0.4, -0.2) is 33.2 Å². The quantitative estimate of drug-likeness (QED) is 0.642. The van der Waals surface area contributed by atoms with Gasteiger partial charge in [-0.2, -0.15) is 0 Å². The molecule has 0 saturated carbocycles. The van der Waals surface area contributed by atoms with Crippen molar-refractivity contribution in [3.05, 3.63) is 71.8 Å². The van der Waals surface area contributed by atoms with Crippen molar-refractivity contribution in [1.82, 2.24) is 4.90 Å². The number of hydrogen-bond donors (Lipinski definition) is 1. The Labute approximate surface area is 184 Å². The van der Waals surface area contributed by atoms with Gasteiger partial charge in [0.1, 0.15) is 0 Å². The number of rotatable bonds is 7. The summed E-state index contributed by atoms with van der Waals surface area (Å²) >= 11 is 5.60. The van der Waals surface area contributed by atoms with Gasteiger partial charge in [-0.1, -0.05) is 88.4 Å². The van der Waals surface area contributed by atoms with Crippen LogP contribution in [-0.2, 0) is 15.1 Å². The predicted molar refractivity (Wildman–Crippen MR) is 123 cm³/mol. The maximum atomic E-state index is 13.3. The maximum absolute atomic E-state index is 13.3. The second kappa shape index (κ2) is 9.27.